The molecule has 1 aromatic heterocycles. The summed E-state index contributed by atoms with van der Waals surface area (Å²) in [7, 11) is 0. The second-order valence-electron chi connectivity index (χ2n) is 5.37. The minimum Gasteiger partial charge on any atom is -0.459 e. The summed E-state index contributed by atoms with van der Waals surface area (Å²) in [6, 6.07) is 13.0. The predicted molar refractivity (Wildman–Crippen MR) is 93.4 cm³/mol. The number of carbonyl (C=O) groups is 2. The van der Waals surface area contributed by atoms with Gasteiger partial charge in [-0.1, -0.05) is 18.2 Å². The van der Waals surface area contributed by atoms with Crippen molar-refractivity contribution >= 4 is 29.9 Å². The number of benzene rings is 1. The Bertz CT molecular complexity index is 653. The van der Waals surface area contributed by atoms with Crippen LogP contribution < -0.4 is 5.32 Å². The topological polar surface area (TPSA) is 65.8 Å². The average Bonchev–Trinajstić information content (AvgIpc) is 3.15. The lowest BCUT2D eigenvalue weighted by atomic mass is 10.2. The standard InChI is InChI=1S/C17H19N3O3.ClH/c21-16(13-18-14-5-2-1-3-6-14)19-8-10-20(11-9-19)17(22)15-7-4-12-23-15;/h1-7,12,18H,8-11,13H2;1H. The first-order valence-electron chi connectivity index (χ1n) is 7.63. The first-order valence-corrected chi connectivity index (χ1v) is 7.63. The fourth-order valence-corrected chi connectivity index (χ4v) is 2.56. The number of amides is 2. The van der Waals surface area contributed by atoms with Crippen LogP contribution in [0.4, 0.5) is 5.69 Å². The first-order chi connectivity index (χ1) is 11.2. The minimum atomic E-state index is -0.121. The van der Waals surface area contributed by atoms with E-state index >= 15 is 0 Å². The van der Waals surface area contributed by atoms with Crippen LogP contribution in [-0.2, 0) is 4.79 Å². The van der Waals surface area contributed by atoms with Crippen LogP contribution in [0.3, 0.4) is 0 Å². The molecule has 3 rings (SSSR count). The highest BCUT2D eigenvalue weighted by molar-refractivity contribution is 5.91. The average molecular weight is 350 g/mol. The van der Waals surface area contributed by atoms with Gasteiger partial charge in [0.15, 0.2) is 5.76 Å². The van der Waals surface area contributed by atoms with Gasteiger partial charge in [-0.3, -0.25) is 9.59 Å². The summed E-state index contributed by atoms with van der Waals surface area (Å²) in [6.07, 6.45) is 1.49. The molecule has 0 unspecified atom stereocenters. The van der Waals surface area contributed by atoms with E-state index in [2.05, 4.69) is 5.32 Å². The van der Waals surface area contributed by atoms with Crippen LogP contribution in [0, 0.1) is 0 Å². The Balaban J connectivity index is 0.00000208. The molecule has 128 valence electrons. The molecule has 0 saturated carbocycles. The van der Waals surface area contributed by atoms with Crippen LogP contribution in [0.15, 0.2) is 53.1 Å². The van der Waals surface area contributed by atoms with Crippen molar-refractivity contribution in [1.82, 2.24) is 9.80 Å². The normalized spacial score (nSPS) is 14.0. The smallest absolute Gasteiger partial charge is 0.289 e. The quantitative estimate of drug-likeness (QED) is 0.918. The van der Waals surface area contributed by atoms with Crippen LogP contribution in [0.5, 0.6) is 0 Å². The van der Waals surface area contributed by atoms with E-state index in [0.29, 0.717) is 31.9 Å². The monoisotopic (exact) mass is 349 g/mol. The van der Waals surface area contributed by atoms with Crippen molar-refractivity contribution < 1.29 is 14.0 Å². The summed E-state index contributed by atoms with van der Waals surface area (Å²) in [5, 5.41) is 3.11. The molecule has 0 spiro atoms. The molecule has 2 aromatic rings. The molecule has 1 aliphatic rings. The first kappa shape index (κ1) is 17.9. The van der Waals surface area contributed by atoms with Crippen molar-refractivity contribution in [2.24, 2.45) is 0 Å². The van der Waals surface area contributed by atoms with E-state index in [0.717, 1.165) is 5.69 Å². The number of carbonyl (C=O) groups excluding carboxylic acids is 2. The van der Waals surface area contributed by atoms with Crippen molar-refractivity contribution in [2.45, 2.75) is 0 Å². The zero-order valence-electron chi connectivity index (χ0n) is 13.2. The largest absolute Gasteiger partial charge is 0.459 e. The molecule has 7 heteroatoms. The molecule has 2 heterocycles. The number of anilines is 1. The molecule has 1 aliphatic heterocycles. The predicted octanol–water partition coefficient (Wildman–Crippen LogP) is 2.10. The maximum atomic E-state index is 12.2. The molecule has 1 saturated heterocycles. The highest BCUT2D eigenvalue weighted by Crippen LogP contribution is 2.10. The van der Waals surface area contributed by atoms with Gasteiger partial charge in [0.2, 0.25) is 5.91 Å². The fraction of sp³-hybridized carbons (Fsp3) is 0.294. The third-order valence-corrected chi connectivity index (χ3v) is 3.87. The SMILES string of the molecule is Cl.O=C(CNc1ccccc1)N1CCN(C(=O)c2ccco2)CC1. The summed E-state index contributed by atoms with van der Waals surface area (Å²) in [5.41, 5.74) is 0.924. The molecule has 2 amide bonds. The third kappa shape index (κ3) is 4.29. The number of halogens is 1. The van der Waals surface area contributed by atoms with Gasteiger partial charge in [0.1, 0.15) is 0 Å². The lowest BCUT2D eigenvalue weighted by Gasteiger charge is -2.34. The zero-order chi connectivity index (χ0) is 16.1. The number of furan rings is 1. The lowest BCUT2D eigenvalue weighted by molar-refractivity contribution is -0.130. The van der Waals surface area contributed by atoms with Gasteiger partial charge in [-0.15, -0.1) is 12.4 Å². The van der Waals surface area contributed by atoms with Gasteiger partial charge in [0.25, 0.3) is 5.91 Å². The van der Waals surface area contributed by atoms with E-state index in [9.17, 15) is 9.59 Å². The third-order valence-electron chi connectivity index (χ3n) is 3.87. The Morgan fingerprint density at radius 3 is 2.25 bits per heavy atom. The van der Waals surface area contributed by atoms with Crippen LogP contribution in [-0.4, -0.2) is 54.3 Å². The Hall–Kier alpha value is -2.47. The molecular weight excluding hydrogens is 330 g/mol. The van der Waals surface area contributed by atoms with E-state index in [1.807, 2.05) is 30.3 Å². The van der Waals surface area contributed by atoms with Crippen molar-refractivity contribution in [3.63, 3.8) is 0 Å². The van der Waals surface area contributed by atoms with Crippen LogP contribution in [0.1, 0.15) is 10.6 Å². The molecule has 1 fully saturated rings. The maximum Gasteiger partial charge on any atom is 0.289 e. The van der Waals surface area contributed by atoms with E-state index in [-0.39, 0.29) is 30.8 Å². The summed E-state index contributed by atoms with van der Waals surface area (Å²) in [4.78, 5) is 27.9. The number of hydrogen-bond donors (Lipinski definition) is 1. The Morgan fingerprint density at radius 2 is 1.62 bits per heavy atom. The summed E-state index contributed by atoms with van der Waals surface area (Å²) in [5.74, 6) is 0.263. The summed E-state index contributed by atoms with van der Waals surface area (Å²) in [6.45, 7) is 2.40. The molecule has 6 nitrogen and oxygen atoms in total. The molecule has 24 heavy (non-hydrogen) atoms. The van der Waals surface area contributed by atoms with E-state index in [4.69, 9.17) is 4.42 Å². The Labute approximate surface area is 146 Å². The van der Waals surface area contributed by atoms with Gasteiger partial charge in [-0.05, 0) is 24.3 Å². The van der Waals surface area contributed by atoms with Crippen LogP contribution in [0.2, 0.25) is 0 Å². The van der Waals surface area contributed by atoms with Crippen molar-refractivity contribution in [3.05, 3.63) is 54.5 Å². The van der Waals surface area contributed by atoms with Gasteiger partial charge >= 0.3 is 0 Å². The Kier molecular flexibility index (Phi) is 6.26. The minimum absolute atomic E-state index is 0. The molecule has 0 radical (unpaired) electrons. The second kappa shape index (κ2) is 8.40. The Morgan fingerprint density at radius 1 is 0.958 bits per heavy atom. The van der Waals surface area contributed by atoms with Crippen LogP contribution >= 0.6 is 12.4 Å². The number of rotatable bonds is 4. The van der Waals surface area contributed by atoms with Gasteiger partial charge < -0.3 is 19.5 Å². The number of nitrogens with one attached hydrogen (secondary N) is 1. The van der Waals surface area contributed by atoms with E-state index in [1.54, 1.807) is 21.9 Å². The summed E-state index contributed by atoms with van der Waals surface area (Å²) >= 11 is 0. The number of nitrogens with zero attached hydrogens (tertiary/aromatic N) is 2. The van der Waals surface area contributed by atoms with Crippen molar-refractivity contribution in [1.29, 1.82) is 0 Å². The van der Waals surface area contributed by atoms with Gasteiger partial charge in [-0.2, -0.15) is 0 Å². The maximum absolute atomic E-state index is 12.2. The van der Waals surface area contributed by atoms with Crippen molar-refractivity contribution in [3.8, 4) is 0 Å². The lowest BCUT2D eigenvalue weighted by Crippen LogP contribution is -2.51. The highest BCUT2D eigenvalue weighted by atomic mass is 35.5. The number of hydrogen-bond acceptors (Lipinski definition) is 4. The number of para-hydroxylation sites is 1. The van der Waals surface area contributed by atoms with Gasteiger partial charge in [0.05, 0.1) is 12.8 Å². The van der Waals surface area contributed by atoms with E-state index < -0.39 is 0 Å². The van der Waals surface area contributed by atoms with Crippen molar-refractivity contribution in [2.75, 3.05) is 38.0 Å². The molecule has 0 atom stereocenters. The second-order valence-corrected chi connectivity index (χ2v) is 5.37. The summed E-state index contributed by atoms with van der Waals surface area (Å²) < 4.78 is 5.13. The molecule has 0 aliphatic carbocycles. The highest BCUT2D eigenvalue weighted by Gasteiger charge is 2.25. The van der Waals surface area contributed by atoms with Crippen LogP contribution in [0.25, 0.3) is 0 Å². The zero-order valence-corrected chi connectivity index (χ0v) is 14.0. The molecule has 1 aromatic carbocycles. The fourth-order valence-electron chi connectivity index (χ4n) is 2.56. The van der Waals surface area contributed by atoms with Gasteiger partial charge in [-0.25, -0.2) is 0 Å². The molecular formula is C17H20ClN3O3. The molecule has 1 N–H and O–H groups in total. The van der Waals surface area contributed by atoms with Gasteiger partial charge in [0, 0.05) is 31.9 Å². The van der Waals surface area contributed by atoms with E-state index in [1.165, 1.54) is 6.26 Å². The number of piperazine rings is 1. The molecule has 0 bridgehead atoms.